The van der Waals surface area contributed by atoms with E-state index in [1.165, 1.54) is 12.1 Å². The van der Waals surface area contributed by atoms with Crippen molar-refractivity contribution in [3.63, 3.8) is 0 Å². The first-order valence-corrected chi connectivity index (χ1v) is 9.85. The molecule has 0 unspecified atom stereocenters. The number of carboxylic acids is 2. The van der Waals surface area contributed by atoms with Crippen molar-refractivity contribution in [2.24, 2.45) is 0 Å². The lowest BCUT2D eigenvalue weighted by Crippen LogP contribution is -2.22. The van der Waals surface area contributed by atoms with Gasteiger partial charge in [0.05, 0.1) is 5.60 Å². The molecule has 0 saturated carbocycles. The molecule has 2 aromatic carbocycles. The summed E-state index contributed by atoms with van der Waals surface area (Å²) in [4.78, 5) is 22.2. The Morgan fingerprint density at radius 1 is 1.03 bits per heavy atom. The number of carbonyl (C=O) groups is 2. The Morgan fingerprint density at radius 3 is 2.30 bits per heavy atom. The summed E-state index contributed by atoms with van der Waals surface area (Å²) in [6, 6.07) is 14.1. The van der Waals surface area contributed by atoms with E-state index in [0.717, 1.165) is 30.5 Å². The van der Waals surface area contributed by atoms with Crippen LogP contribution in [0.3, 0.4) is 0 Å². The van der Waals surface area contributed by atoms with Crippen LogP contribution in [0.4, 0.5) is 0 Å². The number of aliphatic hydroxyl groups is 1. The van der Waals surface area contributed by atoms with Gasteiger partial charge in [-0.2, -0.15) is 0 Å². The van der Waals surface area contributed by atoms with Crippen LogP contribution >= 0.6 is 0 Å². The Kier molecular flexibility index (Phi) is 8.38. The van der Waals surface area contributed by atoms with E-state index < -0.39 is 23.5 Å². The second-order valence-electron chi connectivity index (χ2n) is 7.88. The van der Waals surface area contributed by atoms with Crippen molar-refractivity contribution < 1.29 is 29.6 Å². The molecule has 0 fully saturated rings. The van der Waals surface area contributed by atoms with Gasteiger partial charge in [-0.1, -0.05) is 36.4 Å². The summed E-state index contributed by atoms with van der Waals surface area (Å²) in [6.45, 7) is 5.40. The minimum absolute atomic E-state index is 0.219. The average molecular weight is 415 g/mol. The molecular weight excluding hydrogens is 386 g/mol. The van der Waals surface area contributed by atoms with Crippen LogP contribution in [0.25, 0.3) is 0 Å². The van der Waals surface area contributed by atoms with Crippen LogP contribution in [0.2, 0.25) is 0 Å². The summed E-state index contributed by atoms with van der Waals surface area (Å²) < 4.78 is 5.81. The Labute approximate surface area is 176 Å². The second-order valence-corrected chi connectivity index (χ2v) is 7.88. The van der Waals surface area contributed by atoms with Crippen molar-refractivity contribution in [1.82, 2.24) is 5.32 Å². The number of carboxylic acid groups (broad SMARTS) is 2. The molecule has 2 rings (SSSR count). The van der Waals surface area contributed by atoms with E-state index in [0.29, 0.717) is 12.3 Å². The molecule has 0 aliphatic heterocycles. The van der Waals surface area contributed by atoms with Crippen LogP contribution in [-0.2, 0) is 22.7 Å². The Hall–Kier alpha value is -2.90. The quantitative estimate of drug-likeness (QED) is 0.311. The SMILES string of the molecule is CC(C)(O)CCCNCc1cccc(OCc2ccc(C(C(=O)O)C(=O)O)cc2)c1. The normalized spacial score (nSPS) is 11.5. The summed E-state index contributed by atoms with van der Waals surface area (Å²) >= 11 is 0. The first-order chi connectivity index (χ1) is 14.2. The molecule has 4 N–H and O–H groups in total. The molecule has 0 aromatic heterocycles. The number of ether oxygens (including phenoxy) is 1. The first-order valence-electron chi connectivity index (χ1n) is 9.85. The lowest BCUT2D eigenvalue weighted by atomic mass is 9.98. The maximum absolute atomic E-state index is 11.1. The molecule has 2 aromatic rings. The van der Waals surface area contributed by atoms with Gasteiger partial charge in [-0.05, 0) is 62.1 Å². The molecular formula is C23H29NO6. The first kappa shape index (κ1) is 23.4. The number of aliphatic carboxylic acids is 2. The van der Waals surface area contributed by atoms with Crippen molar-refractivity contribution in [2.75, 3.05) is 6.54 Å². The molecule has 7 nitrogen and oxygen atoms in total. The van der Waals surface area contributed by atoms with Crippen molar-refractivity contribution >= 4 is 11.9 Å². The predicted molar refractivity (Wildman–Crippen MR) is 112 cm³/mol. The molecule has 0 heterocycles. The number of hydrogen-bond donors (Lipinski definition) is 4. The van der Waals surface area contributed by atoms with E-state index in [2.05, 4.69) is 5.32 Å². The van der Waals surface area contributed by atoms with Crippen molar-refractivity contribution in [2.45, 2.75) is 51.4 Å². The van der Waals surface area contributed by atoms with Gasteiger partial charge < -0.3 is 25.4 Å². The molecule has 0 aliphatic rings. The number of hydrogen-bond acceptors (Lipinski definition) is 5. The van der Waals surface area contributed by atoms with Crippen molar-refractivity contribution in [3.8, 4) is 5.75 Å². The van der Waals surface area contributed by atoms with Crippen molar-refractivity contribution in [3.05, 3.63) is 65.2 Å². The van der Waals surface area contributed by atoms with E-state index >= 15 is 0 Å². The van der Waals surface area contributed by atoms with E-state index in [9.17, 15) is 14.7 Å². The van der Waals surface area contributed by atoms with Gasteiger partial charge >= 0.3 is 11.9 Å². The lowest BCUT2D eigenvalue weighted by Gasteiger charge is -2.16. The molecule has 0 radical (unpaired) electrons. The standard InChI is InChI=1S/C23H29NO6/c1-23(2,29)11-4-12-24-14-17-5-3-6-19(13-17)30-15-16-7-9-18(10-8-16)20(21(25)26)22(27)28/h3,5-10,13,20,24,29H,4,11-12,14-15H2,1-2H3,(H,25,26)(H,27,28). The van der Waals surface area contributed by atoms with Gasteiger partial charge in [-0.25, -0.2) is 0 Å². The molecule has 7 heteroatoms. The van der Waals surface area contributed by atoms with Gasteiger partial charge in [0.1, 0.15) is 12.4 Å². The summed E-state index contributed by atoms with van der Waals surface area (Å²) in [6.07, 6.45) is 1.63. The Morgan fingerprint density at radius 2 is 1.70 bits per heavy atom. The van der Waals surface area contributed by atoms with Crippen LogP contribution in [0.5, 0.6) is 5.75 Å². The largest absolute Gasteiger partial charge is 0.489 e. The topological polar surface area (TPSA) is 116 Å². The number of rotatable bonds is 12. The Bertz CT molecular complexity index is 828. The summed E-state index contributed by atoms with van der Waals surface area (Å²) in [5.74, 6) is -3.65. The summed E-state index contributed by atoms with van der Waals surface area (Å²) in [7, 11) is 0. The number of nitrogens with one attached hydrogen (secondary N) is 1. The van der Waals surface area contributed by atoms with Gasteiger partial charge in [0.25, 0.3) is 0 Å². The lowest BCUT2D eigenvalue weighted by molar-refractivity contribution is -0.150. The summed E-state index contributed by atoms with van der Waals surface area (Å²) in [5, 5.41) is 31.2. The third-order valence-corrected chi connectivity index (χ3v) is 4.58. The zero-order valence-electron chi connectivity index (χ0n) is 17.3. The fraction of sp³-hybridized carbons (Fsp3) is 0.391. The van der Waals surface area contributed by atoms with E-state index in [1.54, 1.807) is 26.0 Å². The third-order valence-electron chi connectivity index (χ3n) is 4.58. The number of benzene rings is 2. The highest BCUT2D eigenvalue weighted by Crippen LogP contribution is 2.19. The highest BCUT2D eigenvalue weighted by molar-refractivity contribution is 5.98. The zero-order chi connectivity index (χ0) is 22.1. The molecule has 0 saturated heterocycles. The monoisotopic (exact) mass is 415 g/mol. The fourth-order valence-electron chi connectivity index (χ4n) is 2.99. The van der Waals surface area contributed by atoms with E-state index in [-0.39, 0.29) is 12.2 Å². The minimum atomic E-state index is -1.58. The molecule has 0 spiro atoms. The minimum Gasteiger partial charge on any atom is -0.489 e. The molecule has 0 aliphatic carbocycles. The maximum Gasteiger partial charge on any atom is 0.322 e. The van der Waals surface area contributed by atoms with Crippen LogP contribution < -0.4 is 10.1 Å². The molecule has 0 bridgehead atoms. The molecule has 30 heavy (non-hydrogen) atoms. The van der Waals surface area contributed by atoms with Gasteiger partial charge in [0.2, 0.25) is 0 Å². The second kappa shape index (κ2) is 10.8. The van der Waals surface area contributed by atoms with Crippen molar-refractivity contribution in [1.29, 1.82) is 0 Å². The Balaban J connectivity index is 1.85. The zero-order valence-corrected chi connectivity index (χ0v) is 17.3. The van der Waals surface area contributed by atoms with E-state index in [4.69, 9.17) is 14.9 Å². The van der Waals surface area contributed by atoms with Gasteiger partial charge in [0.15, 0.2) is 5.92 Å². The van der Waals surface area contributed by atoms with Gasteiger partial charge in [-0.3, -0.25) is 9.59 Å². The molecule has 0 amide bonds. The maximum atomic E-state index is 11.1. The van der Waals surface area contributed by atoms with Crippen LogP contribution in [-0.4, -0.2) is 39.4 Å². The third kappa shape index (κ3) is 7.85. The summed E-state index contributed by atoms with van der Waals surface area (Å²) in [5.41, 5.74) is 1.46. The molecule has 162 valence electrons. The van der Waals surface area contributed by atoms with Crippen LogP contribution in [0.15, 0.2) is 48.5 Å². The smallest absolute Gasteiger partial charge is 0.322 e. The van der Waals surface area contributed by atoms with Gasteiger partial charge in [0, 0.05) is 6.54 Å². The van der Waals surface area contributed by atoms with Gasteiger partial charge in [-0.15, -0.1) is 0 Å². The molecule has 0 atom stereocenters. The van der Waals surface area contributed by atoms with Crippen LogP contribution in [0, 0.1) is 0 Å². The van der Waals surface area contributed by atoms with Crippen LogP contribution in [0.1, 0.15) is 49.3 Å². The average Bonchev–Trinajstić information content (AvgIpc) is 2.66. The fourth-order valence-corrected chi connectivity index (χ4v) is 2.99. The van der Waals surface area contributed by atoms with E-state index in [1.807, 2.05) is 24.3 Å². The predicted octanol–water partition coefficient (Wildman–Crippen LogP) is 3.16. The highest BCUT2D eigenvalue weighted by Gasteiger charge is 2.27. The highest BCUT2D eigenvalue weighted by atomic mass is 16.5.